The van der Waals surface area contributed by atoms with Crippen molar-refractivity contribution < 1.29 is 13.9 Å². The fourth-order valence-corrected chi connectivity index (χ4v) is 1.21. The number of carbonyl (C=O) groups excluding carboxylic acids is 1. The van der Waals surface area contributed by atoms with Crippen molar-refractivity contribution in [2.45, 2.75) is 0 Å². The first-order valence-electron chi connectivity index (χ1n) is 4.09. The standard InChI is InChI=1S/C10H10FNO2S/c1-14-10(13)8(12)9(15)6-2-4-7(11)5-3-6/h2-5,15H,12H2,1H3/b9-8-. The van der Waals surface area contributed by atoms with Crippen LogP contribution in [-0.4, -0.2) is 13.1 Å². The van der Waals surface area contributed by atoms with E-state index in [-0.39, 0.29) is 16.4 Å². The number of benzene rings is 1. The van der Waals surface area contributed by atoms with Crippen molar-refractivity contribution in [3.05, 3.63) is 41.3 Å². The van der Waals surface area contributed by atoms with Gasteiger partial charge < -0.3 is 10.5 Å². The van der Waals surface area contributed by atoms with Crippen molar-refractivity contribution in [1.29, 1.82) is 0 Å². The van der Waals surface area contributed by atoms with E-state index in [1.54, 1.807) is 0 Å². The van der Waals surface area contributed by atoms with Crippen LogP contribution in [-0.2, 0) is 9.53 Å². The Bertz CT molecular complexity index is 400. The number of nitrogens with two attached hydrogens (primary N) is 1. The monoisotopic (exact) mass is 227 g/mol. The summed E-state index contributed by atoms with van der Waals surface area (Å²) < 4.78 is 17.0. The summed E-state index contributed by atoms with van der Waals surface area (Å²) in [5, 5.41) is 0. The molecule has 0 aliphatic carbocycles. The lowest BCUT2D eigenvalue weighted by atomic mass is 10.2. The molecule has 3 nitrogen and oxygen atoms in total. The third-order valence-electron chi connectivity index (χ3n) is 1.78. The number of hydrogen-bond donors (Lipinski definition) is 2. The average Bonchev–Trinajstić information content (AvgIpc) is 2.27. The molecule has 0 saturated carbocycles. The van der Waals surface area contributed by atoms with Crippen LogP contribution < -0.4 is 5.73 Å². The highest BCUT2D eigenvalue weighted by Crippen LogP contribution is 2.21. The number of esters is 1. The van der Waals surface area contributed by atoms with E-state index in [0.717, 1.165) is 0 Å². The van der Waals surface area contributed by atoms with Crippen molar-refractivity contribution >= 4 is 23.5 Å². The molecule has 0 bridgehead atoms. The number of halogens is 1. The van der Waals surface area contributed by atoms with Gasteiger partial charge in [0.05, 0.1) is 7.11 Å². The summed E-state index contributed by atoms with van der Waals surface area (Å²) in [5.74, 6) is -1.03. The quantitative estimate of drug-likeness (QED) is 0.458. The summed E-state index contributed by atoms with van der Waals surface area (Å²) in [6.07, 6.45) is 0. The molecule has 0 amide bonds. The van der Waals surface area contributed by atoms with Crippen LogP contribution in [0.25, 0.3) is 4.91 Å². The molecular weight excluding hydrogens is 217 g/mol. The van der Waals surface area contributed by atoms with Crippen molar-refractivity contribution in [1.82, 2.24) is 0 Å². The highest BCUT2D eigenvalue weighted by atomic mass is 32.1. The normalized spacial score (nSPS) is 11.9. The highest BCUT2D eigenvalue weighted by molar-refractivity contribution is 7.90. The van der Waals surface area contributed by atoms with Crippen LogP contribution in [0.1, 0.15) is 5.56 Å². The van der Waals surface area contributed by atoms with Gasteiger partial charge in [0.2, 0.25) is 0 Å². The first kappa shape index (κ1) is 11.6. The fraction of sp³-hybridized carbons (Fsp3) is 0.100. The van der Waals surface area contributed by atoms with Gasteiger partial charge in [0.25, 0.3) is 0 Å². The maximum Gasteiger partial charge on any atom is 0.355 e. The van der Waals surface area contributed by atoms with E-state index < -0.39 is 5.97 Å². The highest BCUT2D eigenvalue weighted by Gasteiger charge is 2.10. The second kappa shape index (κ2) is 4.84. The predicted octanol–water partition coefficient (Wildman–Crippen LogP) is 1.56. The zero-order valence-corrected chi connectivity index (χ0v) is 8.92. The Hall–Kier alpha value is -1.49. The molecule has 1 aromatic carbocycles. The van der Waals surface area contributed by atoms with E-state index in [1.165, 1.54) is 31.4 Å². The Morgan fingerprint density at radius 3 is 2.40 bits per heavy atom. The lowest BCUT2D eigenvalue weighted by Gasteiger charge is -2.04. The van der Waals surface area contributed by atoms with Gasteiger partial charge in [0.15, 0.2) is 0 Å². The van der Waals surface area contributed by atoms with Gasteiger partial charge in [-0.05, 0) is 17.7 Å². The largest absolute Gasteiger partial charge is 0.464 e. The third kappa shape index (κ3) is 2.73. The molecule has 1 rings (SSSR count). The smallest absolute Gasteiger partial charge is 0.355 e. The SMILES string of the molecule is COC(=O)/C(N)=C(/S)c1ccc(F)cc1. The zero-order valence-electron chi connectivity index (χ0n) is 8.03. The molecule has 5 heteroatoms. The van der Waals surface area contributed by atoms with Gasteiger partial charge in [-0.1, -0.05) is 12.1 Å². The van der Waals surface area contributed by atoms with E-state index >= 15 is 0 Å². The topological polar surface area (TPSA) is 52.3 Å². The number of thiol groups is 1. The predicted molar refractivity (Wildman–Crippen MR) is 58.5 cm³/mol. The zero-order chi connectivity index (χ0) is 11.4. The van der Waals surface area contributed by atoms with Gasteiger partial charge in [0.1, 0.15) is 11.5 Å². The molecule has 2 N–H and O–H groups in total. The molecule has 0 unspecified atom stereocenters. The minimum absolute atomic E-state index is 0.104. The van der Waals surface area contributed by atoms with Gasteiger partial charge >= 0.3 is 5.97 Å². The van der Waals surface area contributed by atoms with E-state index in [4.69, 9.17) is 5.73 Å². The van der Waals surface area contributed by atoms with Crippen LogP contribution in [0.5, 0.6) is 0 Å². The molecular formula is C10H10FNO2S. The van der Waals surface area contributed by atoms with E-state index in [1.807, 2.05) is 0 Å². The first-order chi connectivity index (χ1) is 7.06. The first-order valence-corrected chi connectivity index (χ1v) is 4.54. The Kier molecular flexibility index (Phi) is 3.74. The van der Waals surface area contributed by atoms with Crippen LogP contribution >= 0.6 is 12.6 Å². The van der Waals surface area contributed by atoms with Crippen molar-refractivity contribution in [3.8, 4) is 0 Å². The number of carbonyl (C=O) groups is 1. The van der Waals surface area contributed by atoms with Gasteiger partial charge in [-0.25, -0.2) is 9.18 Å². The Balaban J connectivity index is 3.07. The van der Waals surface area contributed by atoms with Crippen molar-refractivity contribution in [2.24, 2.45) is 5.73 Å². The van der Waals surface area contributed by atoms with Crippen LogP contribution in [0.4, 0.5) is 4.39 Å². The number of methoxy groups -OCH3 is 1. The molecule has 0 radical (unpaired) electrons. The molecule has 0 aliphatic heterocycles. The Morgan fingerprint density at radius 2 is 1.93 bits per heavy atom. The molecule has 80 valence electrons. The maximum atomic E-state index is 12.6. The van der Waals surface area contributed by atoms with Gasteiger partial charge in [-0.3, -0.25) is 0 Å². The second-order valence-electron chi connectivity index (χ2n) is 2.76. The number of ether oxygens (including phenoxy) is 1. The van der Waals surface area contributed by atoms with Crippen LogP contribution in [0.3, 0.4) is 0 Å². The van der Waals surface area contributed by atoms with Gasteiger partial charge in [-0.15, -0.1) is 12.6 Å². The molecule has 15 heavy (non-hydrogen) atoms. The van der Waals surface area contributed by atoms with Gasteiger partial charge in [0, 0.05) is 4.91 Å². The fourth-order valence-electron chi connectivity index (χ4n) is 0.970. The summed E-state index contributed by atoms with van der Waals surface area (Å²) in [6, 6.07) is 5.48. The number of rotatable bonds is 2. The number of hydrogen-bond acceptors (Lipinski definition) is 4. The minimum Gasteiger partial charge on any atom is -0.464 e. The molecule has 0 heterocycles. The van der Waals surface area contributed by atoms with E-state index in [9.17, 15) is 9.18 Å². The molecule has 0 aliphatic rings. The summed E-state index contributed by atoms with van der Waals surface area (Å²) in [4.78, 5) is 11.3. The van der Waals surface area contributed by atoms with Crippen LogP contribution in [0, 0.1) is 5.82 Å². The maximum absolute atomic E-state index is 12.6. The summed E-state index contributed by atoms with van der Waals surface area (Å²) in [6.45, 7) is 0. The lowest BCUT2D eigenvalue weighted by Crippen LogP contribution is -2.14. The van der Waals surface area contributed by atoms with Crippen LogP contribution in [0.2, 0.25) is 0 Å². The van der Waals surface area contributed by atoms with Crippen molar-refractivity contribution in [2.75, 3.05) is 7.11 Å². The molecule has 0 aromatic heterocycles. The second-order valence-corrected chi connectivity index (χ2v) is 3.21. The Labute approximate surface area is 92.1 Å². The lowest BCUT2D eigenvalue weighted by molar-refractivity contribution is -0.136. The van der Waals surface area contributed by atoms with Gasteiger partial charge in [-0.2, -0.15) is 0 Å². The molecule has 0 atom stereocenters. The minimum atomic E-state index is -0.663. The third-order valence-corrected chi connectivity index (χ3v) is 2.28. The average molecular weight is 227 g/mol. The van der Waals surface area contributed by atoms with E-state index in [2.05, 4.69) is 17.4 Å². The molecule has 1 aromatic rings. The summed E-state index contributed by atoms with van der Waals surface area (Å²) in [7, 11) is 1.22. The summed E-state index contributed by atoms with van der Waals surface area (Å²) in [5.41, 5.74) is 5.93. The van der Waals surface area contributed by atoms with Crippen LogP contribution in [0.15, 0.2) is 30.0 Å². The molecule has 0 fully saturated rings. The molecule has 0 spiro atoms. The summed E-state index contributed by atoms with van der Waals surface area (Å²) >= 11 is 4.07. The van der Waals surface area contributed by atoms with Crippen molar-refractivity contribution in [3.63, 3.8) is 0 Å². The Morgan fingerprint density at radius 1 is 1.40 bits per heavy atom. The van der Waals surface area contributed by atoms with E-state index in [0.29, 0.717) is 5.56 Å². The molecule has 0 saturated heterocycles.